The van der Waals surface area contributed by atoms with Gasteiger partial charge in [0.05, 0.1) is 34.0 Å². The number of hydrogen-bond donors (Lipinski definition) is 0. The summed E-state index contributed by atoms with van der Waals surface area (Å²) in [6.45, 7) is 4.51. The Hall–Kier alpha value is -2.51. The number of halogens is 5. The van der Waals surface area contributed by atoms with E-state index >= 15 is 0 Å². The van der Waals surface area contributed by atoms with Crippen molar-refractivity contribution in [3.8, 4) is 5.75 Å². The van der Waals surface area contributed by atoms with Crippen molar-refractivity contribution in [2.75, 3.05) is 24.6 Å². The number of nitrogens with zero attached hydrogens (tertiary/aromatic N) is 4. The molecule has 1 unspecified atom stereocenters. The Bertz CT molecular complexity index is 1350. The molecule has 2 aromatic rings. The van der Waals surface area contributed by atoms with Gasteiger partial charge in [-0.15, -0.1) is 0 Å². The maximum absolute atomic E-state index is 13.4. The molecule has 0 N–H and O–H groups in total. The summed E-state index contributed by atoms with van der Waals surface area (Å²) in [7, 11) is -3.95. The van der Waals surface area contributed by atoms with Crippen LogP contribution in [0.15, 0.2) is 23.1 Å². The predicted octanol–water partition coefficient (Wildman–Crippen LogP) is 5.03. The predicted molar refractivity (Wildman–Crippen MR) is 133 cm³/mol. The fourth-order valence-electron chi connectivity index (χ4n) is 4.25. The van der Waals surface area contributed by atoms with Gasteiger partial charge in [-0.2, -0.15) is 13.2 Å². The van der Waals surface area contributed by atoms with Crippen LogP contribution in [-0.2, 0) is 27.7 Å². The Morgan fingerprint density at radius 1 is 1.16 bits per heavy atom. The van der Waals surface area contributed by atoms with E-state index in [0.29, 0.717) is 23.6 Å². The Kier molecular flexibility index (Phi) is 7.67. The number of benzene rings is 1. The van der Waals surface area contributed by atoms with Crippen LogP contribution in [0, 0.1) is 0 Å². The van der Waals surface area contributed by atoms with Crippen molar-refractivity contribution in [2.24, 2.45) is 0 Å². The summed E-state index contributed by atoms with van der Waals surface area (Å²) in [6.07, 6.45) is -4.81. The van der Waals surface area contributed by atoms with Gasteiger partial charge in [0.25, 0.3) is 0 Å². The number of fused-ring (bicyclic) bond motifs is 1. The van der Waals surface area contributed by atoms with Crippen LogP contribution in [0.2, 0.25) is 10.3 Å². The first-order chi connectivity index (χ1) is 17.5. The van der Waals surface area contributed by atoms with Crippen LogP contribution in [0.4, 0.5) is 23.8 Å². The van der Waals surface area contributed by atoms with Gasteiger partial charge < -0.3 is 14.4 Å². The van der Waals surface area contributed by atoms with E-state index in [-0.39, 0.29) is 47.0 Å². The Labute approximate surface area is 227 Å². The SMILES string of the molecule is CC(C)(C)OC(=O)N1Cc2nc(Cl)nc(N3CCC(S(=O)(=O)c4ccc(OCC(F)(F)F)cc4Cl)C3)c2C1. The van der Waals surface area contributed by atoms with Crippen molar-refractivity contribution in [2.45, 2.75) is 62.2 Å². The number of rotatable bonds is 5. The van der Waals surface area contributed by atoms with Crippen molar-refractivity contribution in [3.05, 3.63) is 39.8 Å². The molecule has 0 aliphatic carbocycles. The molecule has 1 fully saturated rings. The highest BCUT2D eigenvalue weighted by molar-refractivity contribution is 7.92. The van der Waals surface area contributed by atoms with Crippen molar-refractivity contribution in [3.63, 3.8) is 0 Å². The van der Waals surface area contributed by atoms with Gasteiger partial charge in [0.2, 0.25) is 5.28 Å². The number of hydrogen-bond acceptors (Lipinski definition) is 8. The molecule has 0 bridgehead atoms. The fourth-order valence-corrected chi connectivity index (χ4v) is 6.66. The lowest BCUT2D eigenvalue weighted by atomic mass is 10.2. The molecule has 0 spiro atoms. The molecule has 208 valence electrons. The number of anilines is 1. The normalized spacial score (nSPS) is 18.1. The van der Waals surface area contributed by atoms with Crippen molar-refractivity contribution in [1.29, 1.82) is 0 Å². The summed E-state index contributed by atoms with van der Waals surface area (Å²) >= 11 is 12.3. The smallest absolute Gasteiger partial charge is 0.422 e. The third kappa shape index (κ3) is 6.37. The monoisotopic (exact) mass is 596 g/mol. The highest BCUT2D eigenvalue weighted by atomic mass is 35.5. The molecule has 1 amide bonds. The van der Waals surface area contributed by atoms with Gasteiger partial charge in [-0.3, -0.25) is 4.90 Å². The van der Waals surface area contributed by atoms with Crippen LogP contribution in [0.5, 0.6) is 5.75 Å². The molecular formula is C23H25Cl2F3N4O5S. The summed E-state index contributed by atoms with van der Waals surface area (Å²) in [4.78, 5) is 24.2. The van der Waals surface area contributed by atoms with Crippen LogP contribution in [-0.4, -0.2) is 66.1 Å². The molecular weight excluding hydrogens is 572 g/mol. The van der Waals surface area contributed by atoms with Crippen LogP contribution < -0.4 is 9.64 Å². The Morgan fingerprint density at radius 3 is 2.50 bits per heavy atom. The Morgan fingerprint density at radius 2 is 1.87 bits per heavy atom. The quantitative estimate of drug-likeness (QED) is 0.443. The highest BCUT2D eigenvalue weighted by Gasteiger charge is 2.39. The van der Waals surface area contributed by atoms with Crippen molar-refractivity contribution < 1.29 is 35.9 Å². The first-order valence-electron chi connectivity index (χ1n) is 11.5. The molecule has 3 heterocycles. The standard InChI is InChI=1S/C23H25Cl2F3N4O5S/c1-22(2,3)37-21(33)32-10-15-17(11-32)29-20(25)30-19(15)31-7-6-14(9-31)38(34,35)18-5-4-13(8-16(18)24)36-12-23(26,27)28/h4-5,8,14H,6-7,9-12H2,1-3H3. The average Bonchev–Trinajstić information content (AvgIpc) is 3.43. The van der Waals surface area contributed by atoms with E-state index in [4.69, 9.17) is 27.9 Å². The first-order valence-corrected chi connectivity index (χ1v) is 13.8. The van der Waals surface area contributed by atoms with Crippen LogP contribution >= 0.6 is 23.2 Å². The molecule has 1 aromatic carbocycles. The summed E-state index contributed by atoms with van der Waals surface area (Å²) < 4.78 is 74.1. The fraction of sp³-hybridized carbons (Fsp3) is 0.522. The van der Waals surface area contributed by atoms with Gasteiger partial charge in [-0.25, -0.2) is 23.2 Å². The zero-order valence-electron chi connectivity index (χ0n) is 20.7. The van der Waals surface area contributed by atoms with E-state index in [1.54, 1.807) is 25.7 Å². The summed E-state index contributed by atoms with van der Waals surface area (Å²) in [6, 6.07) is 3.33. The lowest BCUT2D eigenvalue weighted by molar-refractivity contribution is -0.153. The molecule has 4 rings (SSSR count). The maximum Gasteiger partial charge on any atom is 0.422 e. The minimum absolute atomic E-state index is 0.0337. The van der Waals surface area contributed by atoms with Gasteiger partial charge in [-0.1, -0.05) is 11.6 Å². The van der Waals surface area contributed by atoms with Gasteiger partial charge in [-0.05, 0) is 50.9 Å². The molecule has 9 nitrogen and oxygen atoms in total. The third-order valence-corrected chi connectivity index (χ3v) is 8.71. The lowest BCUT2D eigenvalue weighted by Gasteiger charge is -2.24. The summed E-state index contributed by atoms with van der Waals surface area (Å²) in [5, 5.41) is -1.13. The number of ether oxygens (including phenoxy) is 2. The van der Waals surface area contributed by atoms with Crippen LogP contribution in [0.1, 0.15) is 38.4 Å². The molecule has 38 heavy (non-hydrogen) atoms. The largest absolute Gasteiger partial charge is 0.484 e. The zero-order valence-corrected chi connectivity index (χ0v) is 23.0. The molecule has 2 aliphatic rings. The van der Waals surface area contributed by atoms with E-state index < -0.39 is 39.6 Å². The third-order valence-electron chi connectivity index (χ3n) is 5.88. The highest BCUT2D eigenvalue weighted by Crippen LogP contribution is 2.36. The molecule has 1 saturated heterocycles. The summed E-state index contributed by atoms with van der Waals surface area (Å²) in [5.41, 5.74) is 0.524. The molecule has 15 heteroatoms. The number of aromatic nitrogens is 2. The number of sulfone groups is 1. The van der Waals surface area contributed by atoms with Crippen LogP contribution in [0.25, 0.3) is 0 Å². The minimum atomic E-state index is -4.54. The Balaban J connectivity index is 1.51. The van der Waals surface area contributed by atoms with E-state index in [0.717, 1.165) is 18.2 Å². The number of alkyl halides is 3. The van der Waals surface area contributed by atoms with Crippen molar-refractivity contribution in [1.82, 2.24) is 14.9 Å². The van der Waals surface area contributed by atoms with E-state index in [9.17, 15) is 26.4 Å². The molecule has 1 aromatic heterocycles. The number of carbonyl (C=O) groups excluding carboxylic acids is 1. The van der Waals surface area contributed by atoms with Crippen molar-refractivity contribution >= 4 is 45.0 Å². The van der Waals surface area contributed by atoms with Gasteiger partial charge in [0.15, 0.2) is 16.4 Å². The maximum atomic E-state index is 13.4. The summed E-state index contributed by atoms with van der Waals surface area (Å²) in [5.74, 6) is 0.241. The second-order valence-electron chi connectivity index (χ2n) is 9.98. The molecule has 0 saturated carbocycles. The van der Waals surface area contributed by atoms with Gasteiger partial charge >= 0.3 is 12.3 Å². The number of amides is 1. The first kappa shape index (κ1) is 28.5. The van der Waals surface area contributed by atoms with E-state index in [2.05, 4.69) is 14.7 Å². The molecule has 1 atom stereocenters. The average molecular weight is 597 g/mol. The van der Waals surface area contributed by atoms with Crippen LogP contribution in [0.3, 0.4) is 0 Å². The molecule has 0 radical (unpaired) electrons. The number of carbonyl (C=O) groups is 1. The second-order valence-corrected chi connectivity index (χ2v) is 12.9. The van der Waals surface area contributed by atoms with E-state index in [1.807, 2.05) is 0 Å². The lowest BCUT2D eigenvalue weighted by Crippen LogP contribution is -2.33. The second kappa shape index (κ2) is 10.2. The minimum Gasteiger partial charge on any atom is -0.484 e. The van der Waals surface area contributed by atoms with Gasteiger partial charge in [0.1, 0.15) is 17.2 Å². The zero-order chi connectivity index (χ0) is 28.0. The van der Waals surface area contributed by atoms with E-state index in [1.165, 1.54) is 4.90 Å². The topological polar surface area (TPSA) is 102 Å². The van der Waals surface area contributed by atoms with Gasteiger partial charge in [0, 0.05) is 24.7 Å². The molecule has 2 aliphatic heterocycles.